The molecule has 2 N–H and O–H groups in total. The minimum atomic E-state index is 0.691. The van der Waals surface area contributed by atoms with Crippen LogP contribution in [0.15, 0.2) is 47.7 Å². The molecule has 0 aliphatic carbocycles. The van der Waals surface area contributed by atoms with Gasteiger partial charge < -0.3 is 10.6 Å². The summed E-state index contributed by atoms with van der Waals surface area (Å²) in [6, 6.07) is 10.2. The molecule has 0 saturated carbocycles. The second-order valence-corrected chi connectivity index (χ2v) is 5.66. The van der Waals surface area contributed by atoms with Gasteiger partial charge in [-0.2, -0.15) is 5.10 Å². The molecule has 0 aliphatic heterocycles. The van der Waals surface area contributed by atoms with E-state index < -0.39 is 0 Å². The van der Waals surface area contributed by atoms with Gasteiger partial charge in [-0.3, -0.25) is 4.99 Å². The van der Waals surface area contributed by atoms with E-state index in [-0.39, 0.29) is 0 Å². The van der Waals surface area contributed by atoms with Gasteiger partial charge in [-0.1, -0.05) is 26.0 Å². The Kier molecular flexibility index (Phi) is 6.01. The van der Waals surface area contributed by atoms with Gasteiger partial charge in [0.25, 0.3) is 0 Å². The molecule has 0 saturated heterocycles. The van der Waals surface area contributed by atoms with Crippen molar-refractivity contribution in [3.8, 4) is 5.69 Å². The first-order valence-electron chi connectivity index (χ1n) is 7.72. The molecule has 1 heterocycles. The summed E-state index contributed by atoms with van der Waals surface area (Å²) >= 11 is 0. The van der Waals surface area contributed by atoms with Gasteiger partial charge in [0.1, 0.15) is 0 Å². The van der Waals surface area contributed by atoms with E-state index >= 15 is 0 Å². The van der Waals surface area contributed by atoms with Crippen molar-refractivity contribution in [2.45, 2.75) is 26.8 Å². The molecule has 2 aromatic rings. The highest BCUT2D eigenvalue weighted by Gasteiger charge is 2.01. The number of hydrogen-bond acceptors (Lipinski definition) is 2. The largest absolute Gasteiger partial charge is 0.356 e. The molecule has 118 valence electrons. The zero-order chi connectivity index (χ0) is 15.8. The molecule has 5 nitrogen and oxygen atoms in total. The molecule has 0 radical (unpaired) electrons. The predicted octanol–water partition coefficient (Wildman–Crippen LogP) is 2.58. The van der Waals surface area contributed by atoms with Gasteiger partial charge in [0.05, 0.1) is 5.69 Å². The maximum absolute atomic E-state index is 4.26. The molecule has 0 atom stereocenters. The zero-order valence-corrected chi connectivity index (χ0v) is 13.6. The van der Waals surface area contributed by atoms with Crippen LogP contribution in [0, 0.1) is 5.92 Å². The summed E-state index contributed by atoms with van der Waals surface area (Å²) in [7, 11) is 1.80. The number of hydrogen-bond donors (Lipinski definition) is 2. The first-order chi connectivity index (χ1) is 10.7. The summed E-state index contributed by atoms with van der Waals surface area (Å²) in [5, 5.41) is 10.9. The molecule has 0 spiro atoms. The van der Waals surface area contributed by atoms with Gasteiger partial charge in [-0.05, 0) is 36.1 Å². The average molecular weight is 299 g/mol. The van der Waals surface area contributed by atoms with E-state index in [9.17, 15) is 0 Å². The number of rotatable bonds is 6. The lowest BCUT2D eigenvalue weighted by Crippen LogP contribution is -2.37. The third-order valence-electron chi connectivity index (χ3n) is 3.38. The first-order valence-corrected chi connectivity index (χ1v) is 7.72. The summed E-state index contributed by atoms with van der Waals surface area (Å²) in [5.41, 5.74) is 2.26. The third-order valence-corrected chi connectivity index (χ3v) is 3.38. The minimum Gasteiger partial charge on any atom is -0.356 e. The molecule has 1 aromatic carbocycles. The molecule has 0 amide bonds. The fourth-order valence-electron chi connectivity index (χ4n) is 2.12. The molecule has 0 bridgehead atoms. The topological polar surface area (TPSA) is 54.2 Å². The van der Waals surface area contributed by atoms with E-state index in [1.54, 1.807) is 13.2 Å². The third kappa shape index (κ3) is 4.91. The lowest BCUT2D eigenvalue weighted by atomic mass is 10.1. The van der Waals surface area contributed by atoms with Crippen LogP contribution in [0.3, 0.4) is 0 Å². The summed E-state index contributed by atoms with van der Waals surface area (Å²) in [6.07, 6.45) is 4.86. The Morgan fingerprint density at radius 3 is 2.82 bits per heavy atom. The van der Waals surface area contributed by atoms with Crippen LogP contribution in [-0.4, -0.2) is 29.3 Å². The van der Waals surface area contributed by atoms with Crippen molar-refractivity contribution < 1.29 is 0 Å². The molecule has 22 heavy (non-hydrogen) atoms. The molecule has 0 fully saturated rings. The van der Waals surface area contributed by atoms with Crippen LogP contribution in [0.2, 0.25) is 0 Å². The van der Waals surface area contributed by atoms with Gasteiger partial charge in [0.2, 0.25) is 0 Å². The Morgan fingerprint density at radius 1 is 1.27 bits per heavy atom. The minimum absolute atomic E-state index is 0.691. The monoisotopic (exact) mass is 299 g/mol. The SMILES string of the molecule is CN=C(NCCC(C)C)NCc1cccc(-n2cccn2)c1. The molecule has 1 aromatic heterocycles. The molecule has 5 heteroatoms. The zero-order valence-electron chi connectivity index (χ0n) is 13.6. The Labute approximate surface area is 132 Å². The van der Waals surface area contributed by atoms with Gasteiger partial charge in [-0.15, -0.1) is 0 Å². The van der Waals surface area contributed by atoms with Gasteiger partial charge >= 0.3 is 0 Å². The van der Waals surface area contributed by atoms with E-state index in [1.807, 2.05) is 29.1 Å². The lowest BCUT2D eigenvalue weighted by Gasteiger charge is -2.13. The highest BCUT2D eigenvalue weighted by Crippen LogP contribution is 2.09. The summed E-state index contributed by atoms with van der Waals surface area (Å²) in [6.45, 7) is 6.11. The van der Waals surface area contributed by atoms with Crippen LogP contribution in [-0.2, 0) is 6.54 Å². The van der Waals surface area contributed by atoms with Gasteiger partial charge in [0, 0.05) is 32.5 Å². The van der Waals surface area contributed by atoms with Gasteiger partial charge in [0.15, 0.2) is 5.96 Å². The number of aromatic nitrogens is 2. The van der Waals surface area contributed by atoms with Gasteiger partial charge in [-0.25, -0.2) is 4.68 Å². The number of aliphatic imine (C=N–C) groups is 1. The summed E-state index contributed by atoms with van der Waals surface area (Å²) in [4.78, 5) is 4.25. The van der Waals surface area contributed by atoms with E-state index in [1.165, 1.54) is 5.56 Å². The number of benzene rings is 1. The number of nitrogens with zero attached hydrogens (tertiary/aromatic N) is 3. The van der Waals surface area contributed by atoms with Crippen molar-refractivity contribution >= 4 is 5.96 Å². The quantitative estimate of drug-likeness (QED) is 0.637. The van der Waals surface area contributed by atoms with Crippen molar-refractivity contribution in [1.29, 1.82) is 0 Å². The second-order valence-electron chi connectivity index (χ2n) is 5.66. The Balaban J connectivity index is 1.89. The van der Waals surface area contributed by atoms with Crippen LogP contribution in [0.5, 0.6) is 0 Å². The maximum Gasteiger partial charge on any atom is 0.191 e. The average Bonchev–Trinajstić information content (AvgIpc) is 3.05. The highest BCUT2D eigenvalue weighted by atomic mass is 15.3. The van der Waals surface area contributed by atoms with E-state index in [4.69, 9.17) is 0 Å². The molecular weight excluding hydrogens is 274 g/mol. The fourth-order valence-corrected chi connectivity index (χ4v) is 2.12. The van der Waals surface area contributed by atoms with Crippen molar-refractivity contribution in [1.82, 2.24) is 20.4 Å². The Bertz CT molecular complexity index is 587. The van der Waals surface area contributed by atoms with Crippen LogP contribution < -0.4 is 10.6 Å². The summed E-state index contributed by atoms with van der Waals surface area (Å²) in [5.74, 6) is 1.53. The van der Waals surface area contributed by atoms with E-state index in [0.29, 0.717) is 5.92 Å². The molecule has 0 unspecified atom stereocenters. The smallest absolute Gasteiger partial charge is 0.191 e. The molecular formula is C17H25N5. The van der Waals surface area contributed by atoms with Crippen molar-refractivity contribution in [3.63, 3.8) is 0 Å². The van der Waals surface area contributed by atoms with E-state index in [2.05, 4.69) is 46.7 Å². The van der Waals surface area contributed by atoms with Crippen molar-refractivity contribution in [2.75, 3.05) is 13.6 Å². The Morgan fingerprint density at radius 2 is 2.14 bits per heavy atom. The van der Waals surface area contributed by atoms with Crippen LogP contribution >= 0.6 is 0 Å². The van der Waals surface area contributed by atoms with Crippen LogP contribution in [0.1, 0.15) is 25.8 Å². The van der Waals surface area contributed by atoms with Crippen LogP contribution in [0.4, 0.5) is 0 Å². The second kappa shape index (κ2) is 8.22. The summed E-state index contributed by atoms with van der Waals surface area (Å²) < 4.78 is 1.86. The fraction of sp³-hybridized carbons (Fsp3) is 0.412. The lowest BCUT2D eigenvalue weighted by molar-refractivity contribution is 0.573. The Hall–Kier alpha value is -2.30. The standard InChI is InChI=1S/C17H25N5/c1-14(2)8-10-19-17(18-3)20-13-15-6-4-7-16(12-15)22-11-5-9-21-22/h4-7,9,11-12,14H,8,10,13H2,1-3H3,(H2,18,19,20). The number of nitrogens with one attached hydrogen (secondary N) is 2. The normalized spacial score (nSPS) is 11.7. The maximum atomic E-state index is 4.26. The molecule has 0 aliphatic rings. The highest BCUT2D eigenvalue weighted by molar-refractivity contribution is 5.79. The van der Waals surface area contributed by atoms with Crippen molar-refractivity contribution in [2.24, 2.45) is 10.9 Å². The van der Waals surface area contributed by atoms with E-state index in [0.717, 1.165) is 31.2 Å². The molecule has 2 rings (SSSR count). The van der Waals surface area contributed by atoms with Crippen molar-refractivity contribution in [3.05, 3.63) is 48.3 Å². The number of guanidine groups is 1. The predicted molar refractivity (Wildman–Crippen MR) is 91.2 cm³/mol. The van der Waals surface area contributed by atoms with Crippen LogP contribution in [0.25, 0.3) is 5.69 Å². The first kappa shape index (κ1) is 16.1.